The van der Waals surface area contributed by atoms with Crippen molar-refractivity contribution in [2.24, 2.45) is 0 Å². The fraction of sp³-hybridized carbons (Fsp3) is 0.120. The van der Waals surface area contributed by atoms with E-state index in [0.29, 0.717) is 12.1 Å². The molecular formula is C25H21FN4. The summed E-state index contributed by atoms with van der Waals surface area (Å²) in [6.07, 6.45) is 2.35. The number of imidazole rings is 1. The number of aromatic nitrogens is 4. The van der Waals surface area contributed by atoms with Gasteiger partial charge in [0.25, 0.3) is 0 Å². The topological polar surface area (TPSA) is 35.6 Å². The Labute approximate surface area is 174 Å². The molecule has 3 aromatic carbocycles. The van der Waals surface area contributed by atoms with Crippen LogP contribution in [-0.2, 0) is 13.0 Å². The van der Waals surface area contributed by atoms with E-state index in [1.807, 2.05) is 30.3 Å². The maximum Gasteiger partial charge on any atom is 0.125 e. The van der Waals surface area contributed by atoms with Crippen LogP contribution in [0.3, 0.4) is 0 Å². The Morgan fingerprint density at radius 2 is 1.73 bits per heavy atom. The molecule has 2 heterocycles. The van der Waals surface area contributed by atoms with E-state index in [0.717, 1.165) is 34.7 Å². The van der Waals surface area contributed by atoms with Gasteiger partial charge in [-0.3, -0.25) is 0 Å². The number of aryl methyl sites for hydroxylation is 1. The molecule has 0 saturated carbocycles. The Bertz CT molecular complexity index is 1320. The summed E-state index contributed by atoms with van der Waals surface area (Å²) in [4.78, 5) is 4.94. The lowest BCUT2D eigenvalue weighted by Crippen LogP contribution is -2.07. The summed E-state index contributed by atoms with van der Waals surface area (Å²) in [5.74, 6) is 0.694. The average Bonchev–Trinajstić information content (AvgIpc) is 3.38. The minimum Gasteiger partial charge on any atom is -0.328 e. The highest BCUT2D eigenvalue weighted by atomic mass is 19.1. The van der Waals surface area contributed by atoms with Gasteiger partial charge in [-0.05, 0) is 54.4 Å². The number of halogens is 1. The molecule has 148 valence electrons. The predicted molar refractivity (Wildman–Crippen MR) is 117 cm³/mol. The summed E-state index contributed by atoms with van der Waals surface area (Å²) < 4.78 is 17.7. The molecule has 0 aliphatic heterocycles. The summed E-state index contributed by atoms with van der Waals surface area (Å²) >= 11 is 0. The van der Waals surface area contributed by atoms with E-state index >= 15 is 0 Å². The highest BCUT2D eigenvalue weighted by Crippen LogP contribution is 2.26. The zero-order valence-corrected chi connectivity index (χ0v) is 16.7. The Morgan fingerprint density at radius 1 is 0.867 bits per heavy atom. The van der Waals surface area contributed by atoms with E-state index in [4.69, 9.17) is 4.98 Å². The van der Waals surface area contributed by atoms with Crippen LogP contribution in [-0.4, -0.2) is 19.3 Å². The molecular weight excluding hydrogens is 375 g/mol. The number of benzene rings is 3. The van der Waals surface area contributed by atoms with Gasteiger partial charge in [-0.25, -0.2) is 14.1 Å². The highest BCUT2D eigenvalue weighted by molar-refractivity contribution is 5.82. The SMILES string of the molecule is CCn1c(Cc2ccnn2-c2cccc(F)c2)nc2cc(-c3ccccc3)ccc21. The van der Waals surface area contributed by atoms with Crippen LogP contribution in [0.15, 0.2) is 85.1 Å². The van der Waals surface area contributed by atoms with Crippen molar-refractivity contribution in [3.63, 3.8) is 0 Å². The molecule has 5 heteroatoms. The van der Waals surface area contributed by atoms with Gasteiger partial charge in [0.1, 0.15) is 11.6 Å². The Kier molecular flexibility index (Phi) is 4.64. The minimum absolute atomic E-state index is 0.275. The second-order valence-corrected chi connectivity index (χ2v) is 7.23. The molecule has 0 saturated heterocycles. The molecule has 0 aliphatic rings. The van der Waals surface area contributed by atoms with Gasteiger partial charge in [0.2, 0.25) is 0 Å². The van der Waals surface area contributed by atoms with Crippen LogP contribution < -0.4 is 0 Å². The van der Waals surface area contributed by atoms with Gasteiger partial charge in [-0.1, -0.05) is 42.5 Å². The lowest BCUT2D eigenvalue weighted by molar-refractivity contribution is 0.624. The van der Waals surface area contributed by atoms with Gasteiger partial charge in [0.15, 0.2) is 0 Å². The first-order valence-electron chi connectivity index (χ1n) is 10.1. The molecule has 5 rings (SSSR count). The molecule has 0 unspecified atom stereocenters. The maximum atomic E-state index is 13.7. The van der Waals surface area contributed by atoms with Gasteiger partial charge in [0.05, 0.1) is 22.4 Å². The number of hydrogen-bond acceptors (Lipinski definition) is 2. The van der Waals surface area contributed by atoms with Crippen molar-refractivity contribution < 1.29 is 4.39 Å². The lowest BCUT2D eigenvalue weighted by Gasteiger charge is -2.09. The van der Waals surface area contributed by atoms with Crippen molar-refractivity contribution in [1.82, 2.24) is 19.3 Å². The van der Waals surface area contributed by atoms with E-state index in [-0.39, 0.29) is 5.82 Å². The first kappa shape index (κ1) is 18.3. The summed E-state index contributed by atoms with van der Waals surface area (Å²) in [7, 11) is 0. The fourth-order valence-corrected chi connectivity index (χ4v) is 3.94. The van der Waals surface area contributed by atoms with E-state index in [2.05, 4.69) is 46.9 Å². The van der Waals surface area contributed by atoms with Crippen LogP contribution in [0.5, 0.6) is 0 Å². The first-order chi connectivity index (χ1) is 14.7. The van der Waals surface area contributed by atoms with Crippen LogP contribution in [0.4, 0.5) is 4.39 Å². The highest BCUT2D eigenvalue weighted by Gasteiger charge is 2.14. The second kappa shape index (κ2) is 7.59. The third-order valence-corrected chi connectivity index (χ3v) is 5.36. The van der Waals surface area contributed by atoms with Crippen LogP contribution in [0.25, 0.3) is 27.8 Å². The predicted octanol–water partition coefficient (Wildman–Crippen LogP) is 5.64. The van der Waals surface area contributed by atoms with Crippen LogP contribution in [0, 0.1) is 5.82 Å². The third kappa shape index (κ3) is 3.28. The number of nitrogens with zero attached hydrogens (tertiary/aromatic N) is 4. The summed E-state index contributed by atoms with van der Waals surface area (Å²) in [5, 5.41) is 4.40. The van der Waals surface area contributed by atoms with Crippen molar-refractivity contribution in [3.05, 3.63) is 102 Å². The zero-order valence-electron chi connectivity index (χ0n) is 16.7. The van der Waals surface area contributed by atoms with Crippen molar-refractivity contribution >= 4 is 11.0 Å². The Morgan fingerprint density at radius 3 is 2.53 bits per heavy atom. The molecule has 0 N–H and O–H groups in total. The van der Waals surface area contributed by atoms with Crippen molar-refractivity contribution in [3.8, 4) is 16.8 Å². The standard InChI is InChI=1S/C25H21FN4/c1-2-29-24-12-11-19(18-7-4-3-5-8-18)15-23(24)28-25(29)17-22-13-14-27-30(22)21-10-6-9-20(26)16-21/h3-16H,2,17H2,1H3. The third-order valence-electron chi connectivity index (χ3n) is 5.36. The summed E-state index contributed by atoms with van der Waals surface area (Å²) in [6, 6.07) is 25.2. The molecule has 0 aliphatic carbocycles. The molecule has 0 spiro atoms. The van der Waals surface area contributed by atoms with Gasteiger partial charge < -0.3 is 4.57 Å². The fourth-order valence-electron chi connectivity index (χ4n) is 3.94. The average molecular weight is 396 g/mol. The largest absolute Gasteiger partial charge is 0.328 e. The number of rotatable bonds is 5. The van der Waals surface area contributed by atoms with Crippen molar-refractivity contribution in [2.75, 3.05) is 0 Å². The maximum absolute atomic E-state index is 13.7. The van der Waals surface area contributed by atoms with Gasteiger partial charge in [-0.2, -0.15) is 5.10 Å². The minimum atomic E-state index is -0.275. The van der Waals surface area contributed by atoms with Crippen LogP contribution in [0.1, 0.15) is 18.4 Å². The molecule has 0 bridgehead atoms. The molecule has 0 fully saturated rings. The smallest absolute Gasteiger partial charge is 0.125 e. The molecule has 0 amide bonds. The first-order valence-corrected chi connectivity index (χ1v) is 10.1. The molecule has 0 radical (unpaired) electrons. The van der Waals surface area contributed by atoms with Crippen LogP contribution >= 0.6 is 0 Å². The monoisotopic (exact) mass is 396 g/mol. The van der Waals surface area contributed by atoms with Crippen LogP contribution in [0.2, 0.25) is 0 Å². The Hall–Kier alpha value is -3.73. The van der Waals surface area contributed by atoms with E-state index < -0.39 is 0 Å². The Balaban J connectivity index is 1.55. The molecule has 4 nitrogen and oxygen atoms in total. The quantitative estimate of drug-likeness (QED) is 0.385. The molecule has 2 aromatic heterocycles. The number of fused-ring (bicyclic) bond motifs is 1. The van der Waals surface area contributed by atoms with Gasteiger partial charge in [0, 0.05) is 19.2 Å². The summed E-state index contributed by atoms with van der Waals surface area (Å²) in [6.45, 7) is 2.95. The second-order valence-electron chi connectivity index (χ2n) is 7.23. The number of hydrogen-bond donors (Lipinski definition) is 0. The van der Waals surface area contributed by atoms with Crippen molar-refractivity contribution in [2.45, 2.75) is 19.9 Å². The van der Waals surface area contributed by atoms with E-state index in [9.17, 15) is 4.39 Å². The van der Waals surface area contributed by atoms with Crippen molar-refractivity contribution in [1.29, 1.82) is 0 Å². The zero-order chi connectivity index (χ0) is 20.5. The molecule has 30 heavy (non-hydrogen) atoms. The van der Waals surface area contributed by atoms with Gasteiger partial charge in [-0.15, -0.1) is 0 Å². The van der Waals surface area contributed by atoms with E-state index in [1.54, 1.807) is 16.9 Å². The summed E-state index contributed by atoms with van der Waals surface area (Å²) in [5.41, 5.74) is 6.10. The normalized spacial score (nSPS) is 11.3. The molecule has 0 atom stereocenters. The molecule has 5 aromatic rings. The lowest BCUT2D eigenvalue weighted by atomic mass is 10.1. The van der Waals surface area contributed by atoms with Gasteiger partial charge >= 0.3 is 0 Å². The van der Waals surface area contributed by atoms with E-state index in [1.165, 1.54) is 17.7 Å².